The fourth-order valence-corrected chi connectivity index (χ4v) is 3.14. The fourth-order valence-electron chi connectivity index (χ4n) is 3.14. The maximum atomic E-state index is 12.6. The zero-order valence-corrected chi connectivity index (χ0v) is 14.9. The third-order valence-corrected chi connectivity index (χ3v) is 4.26. The second kappa shape index (κ2) is 7.23. The topological polar surface area (TPSA) is 92.8 Å². The first-order valence-electron chi connectivity index (χ1n) is 8.27. The summed E-state index contributed by atoms with van der Waals surface area (Å²) in [5, 5.41) is 17.0. The zero-order valence-electron chi connectivity index (χ0n) is 14.9. The highest BCUT2D eigenvalue weighted by Crippen LogP contribution is 2.38. The van der Waals surface area contributed by atoms with E-state index in [1.165, 1.54) is 6.33 Å². The molecule has 0 fully saturated rings. The lowest BCUT2D eigenvalue weighted by molar-refractivity contribution is -0.138. The molecule has 7 heteroatoms. The van der Waals surface area contributed by atoms with Crippen molar-refractivity contribution < 1.29 is 9.53 Å². The van der Waals surface area contributed by atoms with E-state index in [4.69, 9.17) is 4.74 Å². The SMILES string of the molecule is CCOC(=O)C1=C(C)NC(C)=C(C#N)C1c1cccc(-n2cncn2)c1. The van der Waals surface area contributed by atoms with Gasteiger partial charge in [0, 0.05) is 11.4 Å². The fraction of sp³-hybridized carbons (Fsp3) is 0.263. The highest BCUT2D eigenvalue weighted by atomic mass is 16.5. The predicted molar refractivity (Wildman–Crippen MR) is 94.9 cm³/mol. The minimum absolute atomic E-state index is 0.270. The van der Waals surface area contributed by atoms with Crippen LogP contribution in [0.15, 0.2) is 59.5 Å². The quantitative estimate of drug-likeness (QED) is 0.853. The molecule has 3 rings (SSSR count). The van der Waals surface area contributed by atoms with E-state index < -0.39 is 11.9 Å². The van der Waals surface area contributed by atoms with E-state index in [1.807, 2.05) is 38.1 Å². The Morgan fingerprint density at radius 1 is 1.38 bits per heavy atom. The van der Waals surface area contributed by atoms with Crippen LogP contribution < -0.4 is 5.32 Å². The van der Waals surface area contributed by atoms with Gasteiger partial charge in [0.25, 0.3) is 0 Å². The highest BCUT2D eigenvalue weighted by Gasteiger charge is 2.34. The Kier molecular flexibility index (Phi) is 4.85. The van der Waals surface area contributed by atoms with Crippen molar-refractivity contribution >= 4 is 5.97 Å². The third kappa shape index (κ3) is 3.09. The van der Waals surface area contributed by atoms with Crippen LogP contribution in [-0.4, -0.2) is 27.3 Å². The molecule has 0 saturated carbocycles. The smallest absolute Gasteiger partial charge is 0.336 e. The molecule has 0 aliphatic carbocycles. The molecule has 1 aliphatic rings. The molecule has 0 bridgehead atoms. The minimum Gasteiger partial charge on any atom is -0.463 e. The number of carbonyl (C=O) groups is 1. The molecule has 1 aromatic heterocycles. The van der Waals surface area contributed by atoms with Gasteiger partial charge < -0.3 is 10.1 Å². The van der Waals surface area contributed by atoms with Crippen LogP contribution >= 0.6 is 0 Å². The molecule has 1 aromatic carbocycles. The van der Waals surface area contributed by atoms with Crippen LogP contribution in [0, 0.1) is 11.3 Å². The van der Waals surface area contributed by atoms with Crippen molar-refractivity contribution in [3.05, 3.63) is 65.0 Å². The van der Waals surface area contributed by atoms with Crippen molar-refractivity contribution in [2.24, 2.45) is 0 Å². The van der Waals surface area contributed by atoms with Gasteiger partial charge in [-0.2, -0.15) is 10.4 Å². The normalized spacial score (nSPS) is 16.9. The number of benzene rings is 1. The number of ether oxygens (including phenoxy) is 1. The second-order valence-corrected chi connectivity index (χ2v) is 5.90. The van der Waals surface area contributed by atoms with E-state index in [0.29, 0.717) is 16.8 Å². The maximum absolute atomic E-state index is 12.6. The van der Waals surface area contributed by atoms with Gasteiger partial charge >= 0.3 is 5.97 Å². The lowest BCUT2D eigenvalue weighted by Gasteiger charge is -2.28. The average molecular weight is 349 g/mol. The summed E-state index contributed by atoms with van der Waals surface area (Å²) in [4.78, 5) is 16.6. The van der Waals surface area contributed by atoms with Crippen molar-refractivity contribution in [3.8, 4) is 11.8 Å². The number of rotatable bonds is 4. The lowest BCUT2D eigenvalue weighted by atomic mass is 9.81. The number of carbonyl (C=O) groups excluding carboxylic acids is 1. The molecular weight excluding hydrogens is 330 g/mol. The van der Waals surface area contributed by atoms with Crippen molar-refractivity contribution in [3.63, 3.8) is 0 Å². The summed E-state index contributed by atoms with van der Waals surface area (Å²) in [5.74, 6) is -0.919. The first-order chi connectivity index (χ1) is 12.6. The first-order valence-corrected chi connectivity index (χ1v) is 8.27. The number of esters is 1. The van der Waals surface area contributed by atoms with Crippen LogP contribution in [0.25, 0.3) is 5.69 Å². The molecule has 1 aliphatic heterocycles. The third-order valence-electron chi connectivity index (χ3n) is 4.26. The average Bonchev–Trinajstić information content (AvgIpc) is 3.16. The molecule has 132 valence electrons. The van der Waals surface area contributed by atoms with E-state index in [9.17, 15) is 10.1 Å². The maximum Gasteiger partial charge on any atom is 0.336 e. The van der Waals surface area contributed by atoms with E-state index in [1.54, 1.807) is 17.9 Å². The number of nitrogens with one attached hydrogen (secondary N) is 1. The Hall–Kier alpha value is -3.40. The summed E-state index contributed by atoms with van der Waals surface area (Å²) in [6, 6.07) is 9.81. The number of dihydropyridines is 1. The summed E-state index contributed by atoms with van der Waals surface area (Å²) in [6.07, 6.45) is 3.05. The molecule has 7 nitrogen and oxygen atoms in total. The standard InChI is InChI=1S/C19H19N5O2/c1-4-26-19(25)17-13(3)23-12(2)16(9-20)18(17)14-6-5-7-15(8-14)24-11-21-10-22-24/h5-8,10-11,18,23H,4H2,1-3H3. The van der Waals surface area contributed by atoms with Gasteiger partial charge in [-0.15, -0.1) is 0 Å². The Labute approximate surface area is 151 Å². The van der Waals surface area contributed by atoms with E-state index in [2.05, 4.69) is 21.5 Å². The molecule has 0 radical (unpaired) electrons. The van der Waals surface area contributed by atoms with Crippen LogP contribution in [-0.2, 0) is 9.53 Å². The van der Waals surface area contributed by atoms with Gasteiger partial charge in [0.1, 0.15) is 12.7 Å². The summed E-state index contributed by atoms with van der Waals surface area (Å²) in [5.41, 5.74) is 3.98. The molecule has 26 heavy (non-hydrogen) atoms. The summed E-state index contributed by atoms with van der Waals surface area (Å²) in [6.45, 7) is 5.68. The Bertz CT molecular complexity index is 935. The number of aromatic nitrogens is 3. The second-order valence-electron chi connectivity index (χ2n) is 5.90. The predicted octanol–water partition coefficient (Wildman–Crippen LogP) is 2.59. The Morgan fingerprint density at radius 3 is 2.85 bits per heavy atom. The Balaban J connectivity index is 2.14. The number of nitrogens with zero attached hydrogens (tertiary/aromatic N) is 4. The van der Waals surface area contributed by atoms with Gasteiger partial charge in [-0.05, 0) is 38.5 Å². The molecule has 2 aromatic rings. The van der Waals surface area contributed by atoms with Crippen molar-refractivity contribution in [2.45, 2.75) is 26.7 Å². The number of hydrogen-bond acceptors (Lipinski definition) is 6. The highest BCUT2D eigenvalue weighted by molar-refractivity contribution is 5.93. The van der Waals surface area contributed by atoms with Gasteiger partial charge in [0.05, 0.1) is 35.4 Å². The summed E-state index contributed by atoms with van der Waals surface area (Å²) >= 11 is 0. The van der Waals surface area contributed by atoms with Gasteiger partial charge in [-0.25, -0.2) is 14.5 Å². The van der Waals surface area contributed by atoms with E-state index in [0.717, 1.165) is 16.9 Å². The van der Waals surface area contributed by atoms with Crippen molar-refractivity contribution in [2.75, 3.05) is 6.61 Å². The van der Waals surface area contributed by atoms with Gasteiger partial charge in [0.15, 0.2) is 0 Å². The van der Waals surface area contributed by atoms with Crippen molar-refractivity contribution in [1.82, 2.24) is 20.1 Å². The van der Waals surface area contributed by atoms with Crippen LogP contribution in [0.1, 0.15) is 32.3 Å². The molecule has 2 heterocycles. The number of allylic oxidation sites excluding steroid dienone is 3. The number of hydrogen-bond donors (Lipinski definition) is 1. The van der Waals surface area contributed by atoms with E-state index >= 15 is 0 Å². The molecule has 1 N–H and O–H groups in total. The van der Waals surface area contributed by atoms with Gasteiger partial charge in [0.2, 0.25) is 0 Å². The van der Waals surface area contributed by atoms with Crippen LogP contribution in [0.3, 0.4) is 0 Å². The van der Waals surface area contributed by atoms with Crippen LogP contribution in [0.4, 0.5) is 0 Å². The summed E-state index contributed by atoms with van der Waals surface area (Å²) < 4.78 is 6.87. The Morgan fingerprint density at radius 2 is 2.19 bits per heavy atom. The zero-order chi connectivity index (χ0) is 18.7. The lowest BCUT2D eigenvalue weighted by Crippen LogP contribution is -2.28. The monoisotopic (exact) mass is 349 g/mol. The minimum atomic E-state index is -0.497. The molecule has 0 saturated heterocycles. The first kappa shape index (κ1) is 17.4. The van der Waals surface area contributed by atoms with Crippen LogP contribution in [0.5, 0.6) is 0 Å². The molecule has 1 unspecified atom stereocenters. The number of nitriles is 1. The van der Waals surface area contributed by atoms with Crippen LogP contribution in [0.2, 0.25) is 0 Å². The van der Waals surface area contributed by atoms with Crippen molar-refractivity contribution in [1.29, 1.82) is 5.26 Å². The molecule has 1 atom stereocenters. The largest absolute Gasteiger partial charge is 0.463 e. The summed E-state index contributed by atoms with van der Waals surface area (Å²) in [7, 11) is 0. The molecule has 0 spiro atoms. The van der Waals surface area contributed by atoms with Gasteiger partial charge in [-0.1, -0.05) is 12.1 Å². The molecule has 0 amide bonds. The molecular formula is C19H19N5O2. The van der Waals surface area contributed by atoms with Gasteiger partial charge in [-0.3, -0.25) is 0 Å². The van der Waals surface area contributed by atoms with E-state index in [-0.39, 0.29) is 6.61 Å².